The van der Waals surface area contributed by atoms with Crippen LogP contribution in [0.3, 0.4) is 0 Å². The fourth-order valence-electron chi connectivity index (χ4n) is 3.32. The molecule has 0 heterocycles. The minimum absolute atomic E-state index is 0.513. The Labute approximate surface area is 91.5 Å². The van der Waals surface area contributed by atoms with Crippen LogP contribution >= 0.6 is 0 Å². The van der Waals surface area contributed by atoms with Crippen LogP contribution in [0.15, 0.2) is 0 Å². The van der Waals surface area contributed by atoms with E-state index < -0.39 is 11.5 Å². The van der Waals surface area contributed by atoms with Crippen molar-refractivity contribution in [2.75, 3.05) is 7.05 Å². The van der Waals surface area contributed by atoms with Crippen molar-refractivity contribution in [1.29, 1.82) is 0 Å². The normalized spacial score (nSPS) is 26.3. The van der Waals surface area contributed by atoms with Gasteiger partial charge in [0.15, 0.2) is 0 Å². The van der Waals surface area contributed by atoms with E-state index in [2.05, 4.69) is 4.90 Å². The van der Waals surface area contributed by atoms with Gasteiger partial charge in [0.05, 0.1) is 0 Å². The van der Waals surface area contributed by atoms with E-state index in [1.807, 2.05) is 7.05 Å². The molecule has 0 aromatic rings. The maximum Gasteiger partial charge on any atom is 0.324 e. The van der Waals surface area contributed by atoms with Gasteiger partial charge in [-0.3, -0.25) is 9.69 Å². The van der Waals surface area contributed by atoms with Crippen molar-refractivity contribution >= 4 is 5.97 Å². The van der Waals surface area contributed by atoms with Gasteiger partial charge in [0, 0.05) is 6.04 Å². The summed E-state index contributed by atoms with van der Waals surface area (Å²) in [5.74, 6) is -0.602. The zero-order chi connectivity index (χ0) is 10.9. The van der Waals surface area contributed by atoms with E-state index in [-0.39, 0.29) is 0 Å². The SMILES string of the molecule is CN(C1CCCC1)C1(C(=O)O)CCCC1. The summed E-state index contributed by atoms with van der Waals surface area (Å²) in [6.45, 7) is 0. The number of aliphatic carboxylic acids is 1. The fraction of sp³-hybridized carbons (Fsp3) is 0.917. The summed E-state index contributed by atoms with van der Waals surface area (Å²) in [6.07, 6.45) is 8.74. The first-order valence-corrected chi connectivity index (χ1v) is 6.13. The second-order valence-corrected chi connectivity index (χ2v) is 5.09. The lowest BCUT2D eigenvalue weighted by atomic mass is 9.93. The maximum absolute atomic E-state index is 11.5. The summed E-state index contributed by atoms with van der Waals surface area (Å²) in [5.41, 5.74) is -0.533. The molecule has 2 saturated carbocycles. The van der Waals surface area contributed by atoms with E-state index in [9.17, 15) is 9.90 Å². The van der Waals surface area contributed by atoms with Gasteiger partial charge in [-0.2, -0.15) is 0 Å². The van der Waals surface area contributed by atoms with Gasteiger partial charge in [0.2, 0.25) is 0 Å². The lowest BCUT2D eigenvalue weighted by Gasteiger charge is -2.39. The van der Waals surface area contributed by atoms with E-state index in [0.717, 1.165) is 25.7 Å². The van der Waals surface area contributed by atoms with E-state index in [4.69, 9.17) is 0 Å². The molecule has 1 N–H and O–H groups in total. The molecular formula is C12H21NO2. The number of nitrogens with zero attached hydrogens (tertiary/aromatic N) is 1. The lowest BCUT2D eigenvalue weighted by Crippen LogP contribution is -2.54. The number of hydrogen-bond acceptors (Lipinski definition) is 2. The van der Waals surface area contributed by atoms with Crippen molar-refractivity contribution in [3.8, 4) is 0 Å². The van der Waals surface area contributed by atoms with Crippen molar-refractivity contribution in [3.05, 3.63) is 0 Å². The molecule has 15 heavy (non-hydrogen) atoms. The number of carboxylic acid groups (broad SMARTS) is 1. The van der Waals surface area contributed by atoms with E-state index in [1.54, 1.807) is 0 Å². The van der Waals surface area contributed by atoms with Crippen LogP contribution in [-0.4, -0.2) is 34.6 Å². The average Bonchev–Trinajstić information content (AvgIpc) is 2.89. The number of hydrogen-bond donors (Lipinski definition) is 1. The summed E-state index contributed by atoms with van der Waals surface area (Å²) in [7, 11) is 2.02. The van der Waals surface area contributed by atoms with Gasteiger partial charge in [-0.1, -0.05) is 25.7 Å². The first-order valence-electron chi connectivity index (χ1n) is 6.13. The first kappa shape index (κ1) is 10.9. The second-order valence-electron chi connectivity index (χ2n) is 5.09. The van der Waals surface area contributed by atoms with Crippen LogP contribution in [0.1, 0.15) is 51.4 Å². The summed E-state index contributed by atoms with van der Waals surface area (Å²) >= 11 is 0. The maximum atomic E-state index is 11.5. The number of rotatable bonds is 3. The number of carboxylic acids is 1. The Morgan fingerprint density at radius 2 is 1.73 bits per heavy atom. The zero-order valence-electron chi connectivity index (χ0n) is 9.54. The molecule has 0 spiro atoms. The van der Waals surface area contributed by atoms with Crippen molar-refractivity contribution in [3.63, 3.8) is 0 Å². The van der Waals surface area contributed by atoms with Crippen LogP contribution < -0.4 is 0 Å². The lowest BCUT2D eigenvalue weighted by molar-refractivity contribution is -0.152. The third-order valence-electron chi connectivity index (χ3n) is 4.38. The summed E-state index contributed by atoms with van der Waals surface area (Å²) < 4.78 is 0. The van der Waals surface area contributed by atoms with Gasteiger partial charge in [0.1, 0.15) is 5.54 Å². The quantitative estimate of drug-likeness (QED) is 0.778. The van der Waals surface area contributed by atoms with Crippen molar-refractivity contribution in [2.45, 2.75) is 62.9 Å². The molecule has 0 aromatic heterocycles. The third-order valence-corrected chi connectivity index (χ3v) is 4.38. The highest BCUT2D eigenvalue weighted by molar-refractivity contribution is 5.79. The summed E-state index contributed by atoms with van der Waals surface area (Å²) in [6, 6.07) is 0.513. The largest absolute Gasteiger partial charge is 0.480 e. The molecule has 3 heteroatoms. The van der Waals surface area contributed by atoms with Crippen LogP contribution in [-0.2, 0) is 4.79 Å². The molecule has 0 aromatic carbocycles. The van der Waals surface area contributed by atoms with Gasteiger partial charge in [-0.05, 0) is 32.7 Å². The molecule has 3 nitrogen and oxygen atoms in total. The van der Waals surface area contributed by atoms with E-state index in [0.29, 0.717) is 6.04 Å². The van der Waals surface area contributed by atoms with E-state index >= 15 is 0 Å². The molecule has 0 atom stereocenters. The topological polar surface area (TPSA) is 40.5 Å². The average molecular weight is 211 g/mol. The van der Waals surface area contributed by atoms with Crippen LogP contribution in [0.2, 0.25) is 0 Å². The van der Waals surface area contributed by atoms with Crippen molar-refractivity contribution in [2.24, 2.45) is 0 Å². The Balaban J connectivity index is 2.13. The molecule has 0 saturated heterocycles. The standard InChI is InChI=1S/C12H21NO2/c1-13(10-6-2-3-7-10)12(11(14)15)8-4-5-9-12/h10H,2-9H2,1H3,(H,14,15). The molecule has 2 fully saturated rings. The van der Waals surface area contributed by atoms with Crippen LogP contribution in [0.4, 0.5) is 0 Å². The second kappa shape index (κ2) is 4.12. The Morgan fingerprint density at radius 1 is 1.20 bits per heavy atom. The zero-order valence-corrected chi connectivity index (χ0v) is 9.54. The Bertz CT molecular complexity index is 240. The molecule has 0 amide bonds. The highest BCUT2D eigenvalue weighted by Gasteiger charge is 2.47. The van der Waals surface area contributed by atoms with Gasteiger partial charge in [-0.15, -0.1) is 0 Å². The van der Waals surface area contributed by atoms with E-state index in [1.165, 1.54) is 25.7 Å². The minimum atomic E-state index is -0.602. The van der Waals surface area contributed by atoms with Gasteiger partial charge >= 0.3 is 5.97 Å². The van der Waals surface area contributed by atoms with Crippen LogP contribution in [0.25, 0.3) is 0 Å². The van der Waals surface area contributed by atoms with Crippen molar-refractivity contribution < 1.29 is 9.90 Å². The summed E-state index contributed by atoms with van der Waals surface area (Å²) in [4.78, 5) is 13.7. The van der Waals surface area contributed by atoms with Gasteiger partial charge in [0.25, 0.3) is 0 Å². The molecule has 86 valence electrons. The van der Waals surface area contributed by atoms with Crippen LogP contribution in [0.5, 0.6) is 0 Å². The van der Waals surface area contributed by atoms with Gasteiger partial charge < -0.3 is 5.11 Å². The Kier molecular flexibility index (Phi) is 3.01. The molecule has 0 unspecified atom stereocenters. The molecular weight excluding hydrogens is 190 g/mol. The number of likely N-dealkylation sites (N-methyl/N-ethyl adjacent to an activating group) is 1. The highest BCUT2D eigenvalue weighted by Crippen LogP contribution is 2.38. The predicted molar refractivity (Wildman–Crippen MR) is 58.9 cm³/mol. The third kappa shape index (κ3) is 1.78. The number of carbonyl (C=O) groups is 1. The van der Waals surface area contributed by atoms with Crippen molar-refractivity contribution in [1.82, 2.24) is 4.90 Å². The molecule has 0 aliphatic heterocycles. The molecule has 2 aliphatic carbocycles. The highest BCUT2D eigenvalue weighted by atomic mass is 16.4. The fourth-order valence-corrected chi connectivity index (χ4v) is 3.32. The smallest absolute Gasteiger partial charge is 0.324 e. The van der Waals surface area contributed by atoms with Crippen LogP contribution in [0, 0.1) is 0 Å². The molecule has 2 rings (SSSR count). The summed E-state index contributed by atoms with van der Waals surface area (Å²) in [5, 5.41) is 9.45. The predicted octanol–water partition coefficient (Wildman–Crippen LogP) is 2.26. The Morgan fingerprint density at radius 3 is 2.20 bits per heavy atom. The Hall–Kier alpha value is -0.570. The van der Waals surface area contributed by atoms with Gasteiger partial charge in [-0.25, -0.2) is 0 Å². The minimum Gasteiger partial charge on any atom is -0.480 e. The molecule has 0 bridgehead atoms. The first-order chi connectivity index (χ1) is 7.17. The molecule has 2 aliphatic rings. The monoisotopic (exact) mass is 211 g/mol. The molecule has 0 radical (unpaired) electrons.